The van der Waals surface area contributed by atoms with Crippen LogP contribution < -0.4 is 5.73 Å². The van der Waals surface area contributed by atoms with E-state index in [9.17, 15) is 0 Å². The highest BCUT2D eigenvalue weighted by atomic mass is 14.5. The Morgan fingerprint density at radius 1 is 0.846 bits per heavy atom. The lowest BCUT2D eigenvalue weighted by Crippen LogP contribution is -1.97. The smallest absolute Gasteiger partial charge is 0.00773 e. The van der Waals surface area contributed by atoms with Crippen LogP contribution in [0.2, 0.25) is 0 Å². The Morgan fingerprint density at radius 3 is 2.08 bits per heavy atom. The summed E-state index contributed by atoms with van der Waals surface area (Å²) in [4.78, 5) is 0. The Balaban J connectivity index is 2.93. The molecule has 0 aromatic heterocycles. The van der Waals surface area contributed by atoms with E-state index in [2.05, 4.69) is 19.1 Å². The molecule has 0 aliphatic heterocycles. The third-order valence-electron chi connectivity index (χ3n) is 2.22. The van der Waals surface area contributed by atoms with Gasteiger partial charge in [0, 0.05) is 0 Å². The highest BCUT2D eigenvalue weighted by Crippen LogP contribution is 2.04. The van der Waals surface area contributed by atoms with E-state index >= 15 is 0 Å². The predicted molar refractivity (Wildman–Crippen MR) is 60.8 cm³/mol. The maximum absolute atomic E-state index is 5.41. The van der Waals surface area contributed by atoms with Gasteiger partial charge in [-0.15, -0.1) is 0 Å². The Morgan fingerprint density at radius 2 is 1.46 bits per heavy atom. The zero-order chi connectivity index (χ0) is 9.78. The molecular formula is C12H25N. The summed E-state index contributed by atoms with van der Waals surface area (Å²) < 4.78 is 0. The van der Waals surface area contributed by atoms with Crippen LogP contribution in [0.4, 0.5) is 0 Å². The van der Waals surface area contributed by atoms with Crippen LogP contribution in [-0.2, 0) is 0 Å². The second kappa shape index (κ2) is 11.7. The lowest BCUT2D eigenvalue weighted by molar-refractivity contribution is 0.652. The topological polar surface area (TPSA) is 26.0 Å². The minimum atomic E-state index is 0.854. The summed E-state index contributed by atoms with van der Waals surface area (Å²) in [7, 11) is 0. The molecule has 0 amide bonds. The largest absolute Gasteiger partial charge is 0.330 e. The first kappa shape index (κ1) is 12.7. The standard InChI is InChI=1S/C12H25N/c1-2-3-4-5-6-7-8-9-10-11-12-13/h5-6H,2-4,7-13H2,1H3. The van der Waals surface area contributed by atoms with Gasteiger partial charge >= 0.3 is 0 Å². The van der Waals surface area contributed by atoms with Crippen LogP contribution in [0, 0.1) is 0 Å². The van der Waals surface area contributed by atoms with Crippen molar-refractivity contribution in [3.05, 3.63) is 12.2 Å². The SMILES string of the molecule is CCCCC=CCCCCCCN. The molecule has 0 aliphatic rings. The Labute approximate surface area is 83.4 Å². The molecule has 0 heterocycles. The predicted octanol–water partition coefficient (Wildman–Crippen LogP) is 3.64. The monoisotopic (exact) mass is 183 g/mol. The second-order valence-electron chi connectivity index (χ2n) is 3.61. The maximum atomic E-state index is 5.41. The maximum Gasteiger partial charge on any atom is -0.00773 e. The molecule has 0 spiro atoms. The van der Waals surface area contributed by atoms with Crippen molar-refractivity contribution in [2.24, 2.45) is 5.73 Å². The van der Waals surface area contributed by atoms with E-state index in [1.165, 1.54) is 51.4 Å². The molecule has 0 rings (SSSR count). The highest BCUT2D eigenvalue weighted by molar-refractivity contribution is 4.80. The molecule has 0 saturated carbocycles. The molecule has 1 heteroatoms. The van der Waals surface area contributed by atoms with Crippen molar-refractivity contribution in [3.8, 4) is 0 Å². The lowest BCUT2D eigenvalue weighted by Gasteiger charge is -1.96. The first-order valence-corrected chi connectivity index (χ1v) is 5.77. The molecular weight excluding hydrogens is 158 g/mol. The summed E-state index contributed by atoms with van der Waals surface area (Å²) in [6, 6.07) is 0. The van der Waals surface area contributed by atoms with E-state index in [1.807, 2.05) is 0 Å². The third kappa shape index (κ3) is 11.7. The number of hydrogen-bond donors (Lipinski definition) is 1. The van der Waals surface area contributed by atoms with Crippen LogP contribution in [0.3, 0.4) is 0 Å². The molecule has 1 nitrogen and oxygen atoms in total. The molecule has 0 radical (unpaired) electrons. The van der Waals surface area contributed by atoms with Gasteiger partial charge in [-0.2, -0.15) is 0 Å². The van der Waals surface area contributed by atoms with Gasteiger partial charge < -0.3 is 5.73 Å². The molecule has 78 valence electrons. The van der Waals surface area contributed by atoms with Gasteiger partial charge in [0.05, 0.1) is 0 Å². The van der Waals surface area contributed by atoms with Crippen molar-refractivity contribution in [1.82, 2.24) is 0 Å². The molecule has 0 aromatic carbocycles. The van der Waals surface area contributed by atoms with E-state index in [-0.39, 0.29) is 0 Å². The highest BCUT2D eigenvalue weighted by Gasteiger charge is 1.86. The molecule has 0 atom stereocenters. The molecule has 0 fully saturated rings. The minimum Gasteiger partial charge on any atom is -0.330 e. The van der Waals surface area contributed by atoms with Crippen LogP contribution in [-0.4, -0.2) is 6.54 Å². The Hall–Kier alpha value is -0.300. The summed E-state index contributed by atoms with van der Waals surface area (Å²) in [5.41, 5.74) is 5.41. The number of rotatable bonds is 9. The summed E-state index contributed by atoms with van der Waals surface area (Å²) in [6.45, 7) is 3.09. The Bertz CT molecular complexity index is 108. The molecule has 2 N–H and O–H groups in total. The van der Waals surface area contributed by atoms with Crippen molar-refractivity contribution in [2.75, 3.05) is 6.54 Å². The fourth-order valence-electron chi connectivity index (χ4n) is 1.32. The number of unbranched alkanes of at least 4 members (excludes halogenated alkanes) is 6. The van der Waals surface area contributed by atoms with Gasteiger partial charge in [0.25, 0.3) is 0 Å². The van der Waals surface area contributed by atoms with Crippen LogP contribution in [0.15, 0.2) is 12.2 Å². The Kier molecular flexibility index (Phi) is 11.4. The number of hydrogen-bond acceptors (Lipinski definition) is 1. The van der Waals surface area contributed by atoms with Crippen LogP contribution in [0.5, 0.6) is 0 Å². The minimum absolute atomic E-state index is 0.854. The zero-order valence-corrected chi connectivity index (χ0v) is 9.10. The van der Waals surface area contributed by atoms with Crippen molar-refractivity contribution in [3.63, 3.8) is 0 Å². The van der Waals surface area contributed by atoms with Gasteiger partial charge in [-0.25, -0.2) is 0 Å². The summed E-state index contributed by atoms with van der Waals surface area (Å²) in [6.07, 6.45) is 15.0. The van der Waals surface area contributed by atoms with Gasteiger partial charge in [-0.05, 0) is 32.2 Å². The molecule has 0 bridgehead atoms. The molecule has 0 unspecified atom stereocenters. The first-order valence-electron chi connectivity index (χ1n) is 5.77. The normalized spacial score (nSPS) is 11.2. The van der Waals surface area contributed by atoms with E-state index < -0.39 is 0 Å². The van der Waals surface area contributed by atoms with Gasteiger partial charge in [0.15, 0.2) is 0 Å². The first-order chi connectivity index (χ1) is 6.41. The number of nitrogens with two attached hydrogens (primary N) is 1. The average molecular weight is 183 g/mol. The lowest BCUT2D eigenvalue weighted by atomic mass is 10.1. The van der Waals surface area contributed by atoms with Gasteiger partial charge in [0.2, 0.25) is 0 Å². The summed E-state index contributed by atoms with van der Waals surface area (Å²) >= 11 is 0. The van der Waals surface area contributed by atoms with Crippen molar-refractivity contribution in [1.29, 1.82) is 0 Å². The molecule has 13 heavy (non-hydrogen) atoms. The van der Waals surface area contributed by atoms with E-state index in [1.54, 1.807) is 0 Å². The summed E-state index contributed by atoms with van der Waals surface area (Å²) in [5.74, 6) is 0. The molecule has 0 saturated heterocycles. The van der Waals surface area contributed by atoms with E-state index in [0.717, 1.165) is 6.54 Å². The van der Waals surface area contributed by atoms with Gasteiger partial charge in [-0.1, -0.05) is 44.8 Å². The van der Waals surface area contributed by atoms with Crippen molar-refractivity contribution < 1.29 is 0 Å². The average Bonchev–Trinajstić information content (AvgIpc) is 2.16. The van der Waals surface area contributed by atoms with Gasteiger partial charge in [-0.3, -0.25) is 0 Å². The fourth-order valence-corrected chi connectivity index (χ4v) is 1.32. The van der Waals surface area contributed by atoms with Crippen molar-refractivity contribution >= 4 is 0 Å². The third-order valence-corrected chi connectivity index (χ3v) is 2.22. The number of allylic oxidation sites excluding steroid dienone is 2. The van der Waals surface area contributed by atoms with E-state index in [0.29, 0.717) is 0 Å². The second-order valence-corrected chi connectivity index (χ2v) is 3.61. The summed E-state index contributed by atoms with van der Waals surface area (Å²) in [5, 5.41) is 0. The van der Waals surface area contributed by atoms with Crippen molar-refractivity contribution in [2.45, 2.75) is 58.3 Å². The molecule has 0 aliphatic carbocycles. The van der Waals surface area contributed by atoms with Crippen LogP contribution >= 0.6 is 0 Å². The van der Waals surface area contributed by atoms with Gasteiger partial charge in [0.1, 0.15) is 0 Å². The van der Waals surface area contributed by atoms with E-state index in [4.69, 9.17) is 5.73 Å². The fraction of sp³-hybridized carbons (Fsp3) is 0.833. The zero-order valence-electron chi connectivity index (χ0n) is 9.10. The van der Waals surface area contributed by atoms with Crippen LogP contribution in [0.25, 0.3) is 0 Å². The quantitative estimate of drug-likeness (QED) is 0.428. The molecule has 0 aromatic rings. The van der Waals surface area contributed by atoms with Crippen LogP contribution in [0.1, 0.15) is 58.3 Å².